The topological polar surface area (TPSA) is 21.3 Å². The van der Waals surface area contributed by atoms with E-state index in [-0.39, 0.29) is 13.0 Å². The van der Waals surface area contributed by atoms with Crippen molar-refractivity contribution in [2.45, 2.75) is 25.9 Å². The van der Waals surface area contributed by atoms with Crippen LogP contribution in [0.3, 0.4) is 0 Å². The van der Waals surface area contributed by atoms with Crippen LogP contribution in [0.4, 0.5) is 13.2 Å². The minimum atomic E-state index is -4.05. The first-order valence-corrected chi connectivity index (χ1v) is 4.41. The summed E-state index contributed by atoms with van der Waals surface area (Å²) in [5.74, 6) is 0. The summed E-state index contributed by atoms with van der Waals surface area (Å²) in [4.78, 5) is 0. The van der Waals surface area contributed by atoms with Crippen LogP contribution in [0.15, 0.2) is 0 Å². The molecule has 0 bridgehead atoms. The van der Waals surface area contributed by atoms with Gasteiger partial charge in [0.25, 0.3) is 0 Å². The average Bonchev–Trinajstić information content (AvgIpc) is 2.01. The third-order valence-electron chi connectivity index (χ3n) is 1.42. The highest BCUT2D eigenvalue weighted by molar-refractivity contribution is 4.49. The number of likely N-dealkylation sites (N-methyl/N-ethyl adjacent to an activating group) is 1. The van der Waals surface area contributed by atoms with E-state index in [4.69, 9.17) is 4.74 Å². The van der Waals surface area contributed by atoms with Crippen LogP contribution in [0.1, 0.15) is 19.8 Å². The van der Waals surface area contributed by atoms with Crippen molar-refractivity contribution in [1.29, 1.82) is 0 Å². The highest BCUT2D eigenvalue weighted by Gasteiger charge is 2.25. The molecule has 0 rings (SSSR count). The second-order valence-corrected chi connectivity index (χ2v) is 2.68. The predicted molar refractivity (Wildman–Crippen MR) is 44.7 cm³/mol. The van der Waals surface area contributed by atoms with Crippen molar-refractivity contribution >= 4 is 0 Å². The van der Waals surface area contributed by atoms with Gasteiger partial charge in [0.1, 0.15) is 0 Å². The van der Waals surface area contributed by atoms with Crippen LogP contribution in [0.25, 0.3) is 0 Å². The molecule has 2 nitrogen and oxygen atoms in total. The number of ether oxygens (including phenoxy) is 1. The second kappa shape index (κ2) is 7.15. The fourth-order valence-corrected chi connectivity index (χ4v) is 0.798. The first-order chi connectivity index (χ1) is 6.06. The first kappa shape index (κ1) is 12.7. The molecule has 5 heteroatoms. The SMILES string of the molecule is CCNCCOCCCC(F)(F)F. The van der Waals surface area contributed by atoms with Crippen molar-refractivity contribution in [3.63, 3.8) is 0 Å². The quantitative estimate of drug-likeness (QED) is 0.633. The van der Waals surface area contributed by atoms with Gasteiger partial charge in [-0.2, -0.15) is 13.2 Å². The summed E-state index contributed by atoms with van der Waals surface area (Å²) in [6.07, 6.45) is -4.76. The minimum absolute atomic E-state index is 0.0512. The van der Waals surface area contributed by atoms with E-state index in [1.54, 1.807) is 0 Å². The summed E-state index contributed by atoms with van der Waals surface area (Å²) in [5, 5.41) is 3.01. The molecule has 0 aliphatic heterocycles. The van der Waals surface area contributed by atoms with Crippen LogP contribution >= 0.6 is 0 Å². The molecule has 0 aromatic heterocycles. The van der Waals surface area contributed by atoms with E-state index >= 15 is 0 Å². The average molecular weight is 199 g/mol. The summed E-state index contributed by atoms with van der Waals surface area (Å²) < 4.78 is 39.8. The molecule has 0 heterocycles. The van der Waals surface area contributed by atoms with Gasteiger partial charge in [0.2, 0.25) is 0 Å². The van der Waals surface area contributed by atoms with Gasteiger partial charge in [-0.3, -0.25) is 0 Å². The van der Waals surface area contributed by atoms with Crippen molar-refractivity contribution < 1.29 is 17.9 Å². The molecule has 0 radical (unpaired) electrons. The van der Waals surface area contributed by atoms with Gasteiger partial charge in [-0.05, 0) is 13.0 Å². The number of hydrogen-bond donors (Lipinski definition) is 1. The van der Waals surface area contributed by atoms with Gasteiger partial charge in [-0.1, -0.05) is 6.92 Å². The van der Waals surface area contributed by atoms with Gasteiger partial charge in [-0.15, -0.1) is 0 Å². The molecule has 0 aliphatic carbocycles. The Morgan fingerprint density at radius 1 is 1.23 bits per heavy atom. The van der Waals surface area contributed by atoms with E-state index in [0.29, 0.717) is 13.2 Å². The normalized spacial score (nSPS) is 12.0. The Morgan fingerprint density at radius 3 is 2.46 bits per heavy atom. The lowest BCUT2D eigenvalue weighted by Crippen LogP contribution is -2.19. The molecule has 13 heavy (non-hydrogen) atoms. The first-order valence-electron chi connectivity index (χ1n) is 4.41. The van der Waals surface area contributed by atoms with E-state index in [1.807, 2.05) is 6.92 Å². The van der Waals surface area contributed by atoms with Crippen molar-refractivity contribution in [2.24, 2.45) is 0 Å². The van der Waals surface area contributed by atoms with Crippen molar-refractivity contribution in [3.05, 3.63) is 0 Å². The number of nitrogens with one attached hydrogen (secondary N) is 1. The smallest absolute Gasteiger partial charge is 0.380 e. The summed E-state index contributed by atoms with van der Waals surface area (Å²) in [6, 6.07) is 0. The van der Waals surface area contributed by atoms with Gasteiger partial charge in [-0.25, -0.2) is 0 Å². The minimum Gasteiger partial charge on any atom is -0.380 e. The Hall–Kier alpha value is -0.290. The van der Waals surface area contributed by atoms with Gasteiger partial charge in [0.05, 0.1) is 6.61 Å². The molecule has 0 saturated carbocycles. The van der Waals surface area contributed by atoms with Crippen LogP contribution in [0.2, 0.25) is 0 Å². The Morgan fingerprint density at radius 2 is 1.92 bits per heavy atom. The highest BCUT2D eigenvalue weighted by atomic mass is 19.4. The summed E-state index contributed by atoms with van der Waals surface area (Å²) in [6.45, 7) is 4.18. The van der Waals surface area contributed by atoms with E-state index in [2.05, 4.69) is 5.32 Å². The lowest BCUT2D eigenvalue weighted by atomic mass is 10.3. The molecule has 0 aromatic rings. The van der Waals surface area contributed by atoms with Crippen LogP contribution in [0.5, 0.6) is 0 Å². The van der Waals surface area contributed by atoms with Crippen LogP contribution in [-0.4, -0.2) is 32.5 Å². The maximum Gasteiger partial charge on any atom is 0.389 e. The highest BCUT2D eigenvalue weighted by Crippen LogP contribution is 2.20. The summed E-state index contributed by atoms with van der Waals surface area (Å²) >= 11 is 0. The van der Waals surface area contributed by atoms with Gasteiger partial charge in [0, 0.05) is 19.6 Å². The maximum absolute atomic E-state index is 11.6. The van der Waals surface area contributed by atoms with Crippen molar-refractivity contribution in [1.82, 2.24) is 5.32 Å². The Bertz CT molecular complexity index is 116. The standard InChI is InChI=1S/C8H16F3NO/c1-2-12-5-7-13-6-3-4-8(9,10)11/h12H,2-7H2,1H3. The Labute approximate surface area is 76.5 Å². The zero-order chi connectivity index (χ0) is 10.2. The molecule has 0 spiro atoms. The Balaban J connectivity index is 3.00. The van der Waals surface area contributed by atoms with Crippen molar-refractivity contribution in [3.8, 4) is 0 Å². The molecule has 1 N–H and O–H groups in total. The van der Waals surface area contributed by atoms with Gasteiger partial charge >= 0.3 is 6.18 Å². The molecule has 0 saturated heterocycles. The van der Waals surface area contributed by atoms with Crippen LogP contribution in [0, 0.1) is 0 Å². The Kier molecular flexibility index (Phi) is 6.99. The maximum atomic E-state index is 11.6. The van der Waals surface area contributed by atoms with E-state index < -0.39 is 12.6 Å². The number of halogens is 3. The van der Waals surface area contributed by atoms with E-state index in [9.17, 15) is 13.2 Å². The van der Waals surface area contributed by atoms with Gasteiger partial charge in [0.15, 0.2) is 0 Å². The molecular formula is C8H16F3NO. The molecule has 0 unspecified atom stereocenters. The molecule has 0 amide bonds. The molecule has 0 fully saturated rings. The predicted octanol–water partition coefficient (Wildman–Crippen LogP) is 1.96. The van der Waals surface area contributed by atoms with Crippen molar-refractivity contribution in [2.75, 3.05) is 26.3 Å². The largest absolute Gasteiger partial charge is 0.389 e. The number of rotatable bonds is 7. The molecule has 80 valence electrons. The number of hydrogen-bond acceptors (Lipinski definition) is 2. The second-order valence-electron chi connectivity index (χ2n) is 2.68. The van der Waals surface area contributed by atoms with Crippen LogP contribution in [-0.2, 0) is 4.74 Å². The summed E-state index contributed by atoms with van der Waals surface area (Å²) in [5.41, 5.74) is 0. The molecule has 0 aromatic carbocycles. The van der Waals surface area contributed by atoms with Crippen LogP contribution < -0.4 is 5.32 Å². The van der Waals surface area contributed by atoms with Gasteiger partial charge < -0.3 is 10.1 Å². The van der Waals surface area contributed by atoms with E-state index in [0.717, 1.165) is 6.54 Å². The monoisotopic (exact) mass is 199 g/mol. The third-order valence-corrected chi connectivity index (χ3v) is 1.42. The zero-order valence-corrected chi connectivity index (χ0v) is 7.78. The number of alkyl halides is 3. The molecule has 0 aliphatic rings. The molecular weight excluding hydrogens is 183 g/mol. The summed E-state index contributed by atoms with van der Waals surface area (Å²) in [7, 11) is 0. The zero-order valence-electron chi connectivity index (χ0n) is 7.78. The molecule has 0 atom stereocenters. The third kappa shape index (κ3) is 11.7. The fraction of sp³-hybridized carbons (Fsp3) is 1.00. The fourth-order valence-electron chi connectivity index (χ4n) is 0.798. The lowest BCUT2D eigenvalue weighted by Gasteiger charge is -2.06. The van der Waals surface area contributed by atoms with E-state index in [1.165, 1.54) is 0 Å². The lowest BCUT2D eigenvalue weighted by molar-refractivity contribution is -0.137.